The third-order valence-electron chi connectivity index (χ3n) is 7.13. The molecule has 0 bridgehead atoms. The van der Waals surface area contributed by atoms with E-state index < -0.39 is 35.1 Å². The van der Waals surface area contributed by atoms with E-state index in [-0.39, 0.29) is 66.2 Å². The van der Waals surface area contributed by atoms with Gasteiger partial charge in [-0.2, -0.15) is 0 Å². The molecular weight excluding hydrogens is 575 g/mol. The summed E-state index contributed by atoms with van der Waals surface area (Å²) in [6.45, 7) is 12.0. The van der Waals surface area contributed by atoms with Crippen LogP contribution in [0.3, 0.4) is 0 Å². The molecule has 5 rings (SSSR count). The molecule has 3 heterocycles. The third-order valence-corrected chi connectivity index (χ3v) is 7.13. The number of anilines is 2. The molecule has 13 heteroatoms. The Morgan fingerprint density at radius 1 is 0.932 bits per heavy atom. The van der Waals surface area contributed by atoms with Gasteiger partial charge in [-0.3, -0.25) is 4.79 Å². The summed E-state index contributed by atoms with van der Waals surface area (Å²) in [6.07, 6.45) is 0.489. The van der Waals surface area contributed by atoms with Gasteiger partial charge in [-0.1, -0.05) is 0 Å². The molecule has 0 unspecified atom stereocenters. The number of benzene rings is 2. The maximum Gasteiger partial charge on any atom is 0.410 e. The highest BCUT2D eigenvalue weighted by atomic mass is 19.1. The van der Waals surface area contributed by atoms with Gasteiger partial charge in [0.2, 0.25) is 5.95 Å². The van der Waals surface area contributed by atoms with Crippen molar-refractivity contribution < 1.29 is 27.5 Å². The minimum absolute atomic E-state index is 0.00582. The maximum atomic E-state index is 15.1. The molecule has 0 aliphatic carbocycles. The topological polar surface area (TPSA) is 105 Å². The van der Waals surface area contributed by atoms with Gasteiger partial charge in [-0.05, 0) is 71.9 Å². The van der Waals surface area contributed by atoms with Crippen molar-refractivity contribution in [3.05, 3.63) is 65.4 Å². The molecule has 10 nitrogen and oxygen atoms in total. The molecule has 0 radical (unpaired) electrons. The molecule has 1 aliphatic heterocycles. The number of ether oxygens (including phenoxy) is 1. The van der Waals surface area contributed by atoms with Gasteiger partial charge in [0, 0.05) is 43.5 Å². The molecule has 1 fully saturated rings. The van der Waals surface area contributed by atoms with Crippen LogP contribution in [0.5, 0.6) is 0 Å². The summed E-state index contributed by atoms with van der Waals surface area (Å²) in [7, 11) is 0. The summed E-state index contributed by atoms with van der Waals surface area (Å²) >= 11 is 0. The van der Waals surface area contributed by atoms with Crippen LogP contribution in [0, 0.1) is 24.4 Å². The van der Waals surface area contributed by atoms with Crippen molar-refractivity contribution in [2.75, 3.05) is 31.5 Å². The Labute approximate surface area is 252 Å². The summed E-state index contributed by atoms with van der Waals surface area (Å²) in [5, 5.41) is 2.83. The number of rotatable bonds is 5. The van der Waals surface area contributed by atoms with Crippen LogP contribution in [-0.4, -0.2) is 73.1 Å². The Morgan fingerprint density at radius 2 is 1.61 bits per heavy atom. The second-order valence-electron chi connectivity index (χ2n) is 11.9. The van der Waals surface area contributed by atoms with Crippen molar-refractivity contribution in [2.24, 2.45) is 0 Å². The molecule has 0 saturated carbocycles. The van der Waals surface area contributed by atoms with Gasteiger partial charge in [-0.15, -0.1) is 0 Å². The fourth-order valence-corrected chi connectivity index (χ4v) is 5.17. The average molecular weight is 610 g/mol. The summed E-state index contributed by atoms with van der Waals surface area (Å²) in [4.78, 5) is 40.8. The largest absolute Gasteiger partial charge is 0.444 e. The number of aromatic nitrogens is 4. The van der Waals surface area contributed by atoms with Crippen molar-refractivity contribution >= 4 is 34.7 Å². The first-order valence-electron chi connectivity index (χ1n) is 14.3. The first-order chi connectivity index (χ1) is 20.7. The van der Waals surface area contributed by atoms with E-state index in [0.29, 0.717) is 11.3 Å². The van der Waals surface area contributed by atoms with Gasteiger partial charge < -0.3 is 24.4 Å². The monoisotopic (exact) mass is 609 g/mol. The van der Waals surface area contributed by atoms with E-state index in [1.54, 1.807) is 33.8 Å². The SMILES string of the molecule is Cc1nc2c(F)cc(-c3nc(Nc4ccc(C(=O)N5CCN(C(=O)OC(C)(C)C)CC5)c(F)c4)ncc3F)cc2n1C(C)C. The molecule has 0 spiro atoms. The predicted octanol–water partition coefficient (Wildman–Crippen LogP) is 6.24. The van der Waals surface area contributed by atoms with Crippen molar-refractivity contribution in [3.8, 4) is 11.3 Å². The number of hydrogen-bond acceptors (Lipinski definition) is 7. The molecule has 232 valence electrons. The van der Waals surface area contributed by atoms with Crippen LogP contribution in [0.25, 0.3) is 22.3 Å². The fraction of sp³-hybridized carbons (Fsp3) is 0.387. The number of hydrogen-bond donors (Lipinski definition) is 1. The van der Waals surface area contributed by atoms with Gasteiger partial charge >= 0.3 is 6.09 Å². The Bertz CT molecular complexity index is 1740. The number of amides is 2. The lowest BCUT2D eigenvalue weighted by Crippen LogP contribution is -2.51. The average Bonchev–Trinajstić information content (AvgIpc) is 3.29. The van der Waals surface area contributed by atoms with Crippen LogP contribution in [0.1, 0.15) is 56.8 Å². The third kappa shape index (κ3) is 6.31. The fourth-order valence-electron chi connectivity index (χ4n) is 5.17. The normalized spacial score (nSPS) is 14.0. The number of nitrogens with zero attached hydrogens (tertiary/aromatic N) is 6. The minimum atomic E-state index is -0.776. The lowest BCUT2D eigenvalue weighted by atomic mass is 10.1. The van der Waals surface area contributed by atoms with E-state index >= 15 is 8.78 Å². The van der Waals surface area contributed by atoms with E-state index in [2.05, 4.69) is 20.3 Å². The van der Waals surface area contributed by atoms with E-state index in [4.69, 9.17) is 4.74 Å². The van der Waals surface area contributed by atoms with Crippen molar-refractivity contribution in [3.63, 3.8) is 0 Å². The smallest absolute Gasteiger partial charge is 0.410 e. The molecule has 0 atom stereocenters. The number of imidazole rings is 1. The van der Waals surface area contributed by atoms with Gasteiger partial charge in [-0.25, -0.2) is 32.9 Å². The number of aryl methyl sites for hydroxylation is 1. The van der Waals surface area contributed by atoms with Crippen LogP contribution < -0.4 is 5.32 Å². The zero-order valence-electron chi connectivity index (χ0n) is 25.4. The molecule has 4 aromatic rings. The lowest BCUT2D eigenvalue weighted by Gasteiger charge is -2.35. The summed E-state index contributed by atoms with van der Waals surface area (Å²) in [5.74, 6) is -2.08. The Balaban J connectivity index is 1.32. The van der Waals surface area contributed by atoms with E-state index in [0.717, 1.165) is 12.3 Å². The highest BCUT2D eigenvalue weighted by Crippen LogP contribution is 2.31. The minimum Gasteiger partial charge on any atom is -0.444 e. The molecule has 1 N–H and O–H groups in total. The highest BCUT2D eigenvalue weighted by Gasteiger charge is 2.29. The Hall–Kier alpha value is -4.68. The predicted molar refractivity (Wildman–Crippen MR) is 159 cm³/mol. The zero-order chi connectivity index (χ0) is 31.9. The number of carbonyl (C=O) groups excluding carboxylic acids is 2. The van der Waals surface area contributed by atoms with Crippen LogP contribution >= 0.6 is 0 Å². The van der Waals surface area contributed by atoms with Gasteiger partial charge in [0.1, 0.15) is 28.5 Å². The van der Waals surface area contributed by atoms with Crippen molar-refractivity contribution in [1.29, 1.82) is 0 Å². The standard InChI is InChI=1S/C31H34F3N7O3/c1-17(2)41-18(3)36-27-23(33)13-19(14-25(27)41)26-24(34)16-35-29(38-26)37-20-7-8-21(22(32)15-20)28(42)39-9-11-40(12-10-39)30(43)44-31(4,5)6/h7-8,13-17H,9-12H2,1-6H3,(H,35,37,38). The van der Waals surface area contributed by atoms with Crippen LogP contribution in [0.2, 0.25) is 0 Å². The summed E-state index contributed by atoms with van der Waals surface area (Å²) in [5.41, 5.74) is 0.196. The highest BCUT2D eigenvalue weighted by molar-refractivity contribution is 5.95. The van der Waals surface area contributed by atoms with Gasteiger partial charge in [0.05, 0.1) is 17.3 Å². The Morgan fingerprint density at radius 3 is 2.25 bits per heavy atom. The maximum absolute atomic E-state index is 15.1. The van der Waals surface area contributed by atoms with E-state index in [1.807, 2.05) is 18.4 Å². The van der Waals surface area contributed by atoms with E-state index in [9.17, 15) is 14.0 Å². The quantitative estimate of drug-likeness (QED) is 0.286. The second kappa shape index (κ2) is 11.8. The first-order valence-corrected chi connectivity index (χ1v) is 14.3. The zero-order valence-corrected chi connectivity index (χ0v) is 25.4. The van der Waals surface area contributed by atoms with E-state index in [1.165, 1.54) is 28.0 Å². The van der Waals surface area contributed by atoms with Crippen LogP contribution in [0.15, 0.2) is 36.5 Å². The number of nitrogens with one attached hydrogen (secondary N) is 1. The lowest BCUT2D eigenvalue weighted by molar-refractivity contribution is 0.0140. The molecular formula is C31H34F3N7O3. The molecule has 2 aromatic carbocycles. The second-order valence-corrected chi connectivity index (χ2v) is 11.9. The number of fused-ring (bicyclic) bond motifs is 1. The molecule has 2 amide bonds. The first kappa shape index (κ1) is 30.8. The van der Waals surface area contributed by atoms with Gasteiger partial charge in [0.25, 0.3) is 5.91 Å². The molecule has 1 saturated heterocycles. The van der Waals surface area contributed by atoms with Crippen molar-refractivity contribution in [1.82, 2.24) is 29.3 Å². The molecule has 1 aliphatic rings. The number of halogens is 3. The molecule has 44 heavy (non-hydrogen) atoms. The summed E-state index contributed by atoms with van der Waals surface area (Å²) < 4.78 is 52.3. The van der Waals surface area contributed by atoms with Crippen molar-refractivity contribution in [2.45, 2.75) is 53.2 Å². The Kier molecular flexibility index (Phi) is 8.23. The van der Waals surface area contributed by atoms with Crippen LogP contribution in [-0.2, 0) is 4.74 Å². The number of carbonyl (C=O) groups is 2. The van der Waals surface area contributed by atoms with Gasteiger partial charge in [0.15, 0.2) is 11.6 Å². The summed E-state index contributed by atoms with van der Waals surface area (Å²) in [6, 6.07) is 6.72. The van der Waals surface area contributed by atoms with Crippen LogP contribution in [0.4, 0.5) is 29.6 Å². The number of piperazine rings is 1. The molecule has 2 aromatic heterocycles.